The molecule has 1 aromatic rings. The number of ether oxygens (including phenoxy) is 1. The second-order valence-electron chi connectivity index (χ2n) is 5.37. The molecule has 3 N–H and O–H groups in total. The molecule has 0 saturated heterocycles. The lowest BCUT2D eigenvalue weighted by Crippen LogP contribution is -2.26. The number of nitrogens with zero attached hydrogens (tertiary/aromatic N) is 3. The third-order valence-corrected chi connectivity index (χ3v) is 3.61. The molecule has 1 fully saturated rings. The minimum Gasteiger partial charge on any atom is -0.476 e. The van der Waals surface area contributed by atoms with Crippen molar-refractivity contribution in [3.63, 3.8) is 0 Å². The molecule has 1 heterocycles. The van der Waals surface area contributed by atoms with E-state index in [1.165, 1.54) is 12.8 Å². The average Bonchev–Trinajstić information content (AvgIpc) is 3.26. The maximum atomic E-state index is 5.83. The van der Waals surface area contributed by atoms with Crippen LogP contribution in [0.2, 0.25) is 0 Å². The van der Waals surface area contributed by atoms with Gasteiger partial charge < -0.3 is 15.1 Å². The molecule has 0 spiro atoms. The van der Waals surface area contributed by atoms with E-state index in [4.69, 9.17) is 10.6 Å². The summed E-state index contributed by atoms with van der Waals surface area (Å²) in [7, 11) is 2.14. The van der Waals surface area contributed by atoms with Gasteiger partial charge in [-0.25, -0.2) is 10.8 Å². The lowest BCUT2D eigenvalue weighted by atomic mass is 10.3. The van der Waals surface area contributed by atoms with Crippen LogP contribution in [-0.4, -0.2) is 41.1 Å². The molecule has 112 valence electrons. The van der Waals surface area contributed by atoms with Crippen LogP contribution < -0.4 is 16.0 Å². The van der Waals surface area contributed by atoms with E-state index in [9.17, 15) is 0 Å². The van der Waals surface area contributed by atoms with Crippen molar-refractivity contribution in [3.05, 3.63) is 11.4 Å². The van der Waals surface area contributed by atoms with Crippen molar-refractivity contribution in [1.82, 2.24) is 14.9 Å². The molecule has 0 aliphatic heterocycles. The Morgan fingerprint density at radius 3 is 2.75 bits per heavy atom. The number of nitrogens with two attached hydrogens (primary N) is 1. The van der Waals surface area contributed by atoms with Crippen LogP contribution in [0, 0.1) is 6.92 Å². The van der Waals surface area contributed by atoms with Crippen LogP contribution in [0.1, 0.15) is 37.6 Å². The third-order valence-electron chi connectivity index (χ3n) is 3.61. The number of rotatable bonds is 8. The topological polar surface area (TPSA) is 76.3 Å². The van der Waals surface area contributed by atoms with E-state index < -0.39 is 0 Å². The molecule has 0 unspecified atom stereocenters. The van der Waals surface area contributed by atoms with Gasteiger partial charge in [0.25, 0.3) is 0 Å². The average molecular weight is 279 g/mol. The molecule has 2 rings (SSSR count). The number of aromatic nitrogens is 2. The van der Waals surface area contributed by atoms with E-state index in [0.717, 1.165) is 36.8 Å². The van der Waals surface area contributed by atoms with E-state index in [1.807, 2.05) is 6.92 Å². The highest BCUT2D eigenvalue weighted by Gasteiger charge is 2.25. The fraction of sp³-hybridized carbons (Fsp3) is 0.714. The third kappa shape index (κ3) is 3.80. The summed E-state index contributed by atoms with van der Waals surface area (Å²) >= 11 is 0. The number of nitrogens with one attached hydrogen (secondary N) is 1. The zero-order chi connectivity index (χ0) is 14.5. The van der Waals surface area contributed by atoms with E-state index in [0.29, 0.717) is 18.3 Å². The molecule has 20 heavy (non-hydrogen) atoms. The lowest BCUT2D eigenvalue weighted by Gasteiger charge is -2.17. The summed E-state index contributed by atoms with van der Waals surface area (Å²) in [5.74, 6) is 7.57. The van der Waals surface area contributed by atoms with Crippen molar-refractivity contribution in [2.24, 2.45) is 5.84 Å². The summed E-state index contributed by atoms with van der Waals surface area (Å²) in [4.78, 5) is 11.2. The number of nitrogen functional groups attached to an aromatic ring is 1. The number of hydrogen-bond acceptors (Lipinski definition) is 6. The van der Waals surface area contributed by atoms with Crippen LogP contribution in [0.25, 0.3) is 0 Å². The van der Waals surface area contributed by atoms with Gasteiger partial charge in [0.2, 0.25) is 5.88 Å². The number of hydrazine groups is 1. The highest BCUT2D eigenvalue weighted by molar-refractivity contribution is 5.47. The number of hydrogen-bond donors (Lipinski definition) is 2. The van der Waals surface area contributed by atoms with Gasteiger partial charge in [-0.15, -0.1) is 0 Å². The summed E-state index contributed by atoms with van der Waals surface area (Å²) in [6.07, 6.45) is 4.44. The number of aryl methyl sites for hydroxylation is 1. The summed E-state index contributed by atoms with van der Waals surface area (Å²) in [5.41, 5.74) is 3.48. The molecule has 0 amide bonds. The molecule has 1 aromatic heterocycles. The van der Waals surface area contributed by atoms with Crippen LogP contribution in [0.4, 0.5) is 5.82 Å². The van der Waals surface area contributed by atoms with Crippen molar-refractivity contribution in [3.8, 4) is 5.88 Å². The van der Waals surface area contributed by atoms with Crippen LogP contribution in [0.5, 0.6) is 5.88 Å². The lowest BCUT2D eigenvalue weighted by molar-refractivity contribution is 0.225. The van der Waals surface area contributed by atoms with Crippen LogP contribution in [-0.2, 0) is 6.42 Å². The summed E-state index contributed by atoms with van der Waals surface area (Å²) in [6.45, 7) is 5.58. The SMILES string of the molecule is CCCc1nc(NN)c(C)c(OCCN(C)C2CC2)n1. The van der Waals surface area contributed by atoms with Crippen molar-refractivity contribution in [2.45, 2.75) is 45.6 Å². The molecule has 1 saturated carbocycles. The fourth-order valence-electron chi connectivity index (χ4n) is 2.14. The molecular formula is C14H25N5O. The van der Waals surface area contributed by atoms with Crippen molar-refractivity contribution in [2.75, 3.05) is 25.6 Å². The summed E-state index contributed by atoms with van der Waals surface area (Å²) < 4.78 is 5.83. The van der Waals surface area contributed by atoms with Gasteiger partial charge in [-0.05, 0) is 33.2 Å². The van der Waals surface area contributed by atoms with Crippen molar-refractivity contribution in [1.29, 1.82) is 0 Å². The Kier molecular flexibility index (Phi) is 5.14. The number of likely N-dealkylation sites (N-methyl/N-ethyl adjacent to an activating group) is 1. The Morgan fingerprint density at radius 2 is 2.15 bits per heavy atom. The maximum absolute atomic E-state index is 5.83. The van der Waals surface area contributed by atoms with Crippen molar-refractivity contribution < 1.29 is 4.74 Å². The smallest absolute Gasteiger partial charge is 0.221 e. The Bertz CT molecular complexity index is 447. The Balaban J connectivity index is 1.98. The van der Waals surface area contributed by atoms with Crippen LogP contribution >= 0.6 is 0 Å². The number of anilines is 1. The minimum atomic E-state index is 0.639. The maximum Gasteiger partial charge on any atom is 0.221 e. The second-order valence-corrected chi connectivity index (χ2v) is 5.37. The normalized spacial score (nSPS) is 14.7. The Labute approximate surface area is 120 Å². The largest absolute Gasteiger partial charge is 0.476 e. The van der Waals surface area contributed by atoms with Gasteiger partial charge in [-0.1, -0.05) is 6.92 Å². The quantitative estimate of drug-likeness (QED) is 0.555. The summed E-state index contributed by atoms with van der Waals surface area (Å²) in [5, 5.41) is 0. The van der Waals surface area contributed by atoms with Crippen molar-refractivity contribution >= 4 is 5.82 Å². The van der Waals surface area contributed by atoms with E-state index in [-0.39, 0.29) is 0 Å². The Morgan fingerprint density at radius 1 is 1.40 bits per heavy atom. The highest BCUT2D eigenvalue weighted by atomic mass is 16.5. The second kappa shape index (κ2) is 6.85. The molecule has 0 aromatic carbocycles. The predicted molar refractivity (Wildman–Crippen MR) is 79.7 cm³/mol. The monoisotopic (exact) mass is 279 g/mol. The predicted octanol–water partition coefficient (Wildman–Crippen LogP) is 1.50. The first-order valence-corrected chi connectivity index (χ1v) is 7.32. The Hall–Kier alpha value is -1.40. The van der Waals surface area contributed by atoms with Crippen LogP contribution in [0.3, 0.4) is 0 Å². The van der Waals surface area contributed by atoms with Gasteiger partial charge in [0.15, 0.2) is 0 Å². The van der Waals surface area contributed by atoms with E-state index >= 15 is 0 Å². The standard InChI is InChI=1S/C14H25N5O/c1-4-5-12-16-13(18-15)10(2)14(17-12)20-9-8-19(3)11-6-7-11/h11H,4-9,15H2,1-3H3,(H,16,17,18). The molecule has 6 nitrogen and oxygen atoms in total. The highest BCUT2D eigenvalue weighted by Crippen LogP contribution is 2.25. The van der Waals surface area contributed by atoms with Gasteiger partial charge in [0, 0.05) is 19.0 Å². The van der Waals surface area contributed by atoms with Gasteiger partial charge in [-0.3, -0.25) is 0 Å². The van der Waals surface area contributed by atoms with Gasteiger partial charge >= 0.3 is 0 Å². The van der Waals surface area contributed by atoms with Gasteiger partial charge in [-0.2, -0.15) is 4.98 Å². The minimum absolute atomic E-state index is 0.639. The molecule has 6 heteroatoms. The van der Waals surface area contributed by atoms with Gasteiger partial charge in [0.1, 0.15) is 18.2 Å². The first kappa shape index (κ1) is 15.0. The molecule has 0 bridgehead atoms. The van der Waals surface area contributed by atoms with E-state index in [1.54, 1.807) is 0 Å². The zero-order valence-electron chi connectivity index (χ0n) is 12.6. The van der Waals surface area contributed by atoms with Crippen LogP contribution in [0.15, 0.2) is 0 Å². The molecule has 1 aliphatic rings. The molecule has 0 atom stereocenters. The summed E-state index contributed by atoms with van der Waals surface area (Å²) in [6, 6.07) is 0.752. The molecule has 0 radical (unpaired) electrons. The molecule has 1 aliphatic carbocycles. The first-order chi connectivity index (χ1) is 9.65. The molecular weight excluding hydrogens is 254 g/mol. The first-order valence-electron chi connectivity index (χ1n) is 7.32. The van der Waals surface area contributed by atoms with Gasteiger partial charge in [0.05, 0.1) is 5.56 Å². The fourth-order valence-corrected chi connectivity index (χ4v) is 2.14. The zero-order valence-corrected chi connectivity index (χ0v) is 12.6. The van der Waals surface area contributed by atoms with E-state index in [2.05, 4.69) is 34.3 Å².